The van der Waals surface area contributed by atoms with Gasteiger partial charge in [-0.05, 0) is 49.1 Å². The van der Waals surface area contributed by atoms with Crippen LogP contribution in [0.1, 0.15) is 37.1 Å². The predicted octanol–water partition coefficient (Wildman–Crippen LogP) is 3.85. The number of ether oxygens (including phenoxy) is 1. The van der Waals surface area contributed by atoms with Crippen molar-refractivity contribution in [1.29, 1.82) is 0 Å². The summed E-state index contributed by atoms with van der Waals surface area (Å²) in [5.41, 5.74) is 2.83. The Bertz CT molecular complexity index is 1010. The van der Waals surface area contributed by atoms with E-state index in [1.807, 2.05) is 46.3 Å². The quantitative estimate of drug-likeness (QED) is 0.569. The number of pyridine rings is 3. The summed E-state index contributed by atoms with van der Waals surface area (Å²) in [6.07, 6.45) is 6.13. The summed E-state index contributed by atoms with van der Waals surface area (Å²) in [5, 5.41) is 1.05. The Morgan fingerprint density at radius 3 is 2.80 bits per heavy atom. The molecule has 156 valence electrons. The van der Waals surface area contributed by atoms with Gasteiger partial charge in [0.1, 0.15) is 0 Å². The van der Waals surface area contributed by atoms with Crippen LogP contribution in [-0.2, 0) is 6.42 Å². The summed E-state index contributed by atoms with van der Waals surface area (Å²) in [4.78, 5) is 30.2. The van der Waals surface area contributed by atoms with E-state index in [0.717, 1.165) is 61.2 Å². The van der Waals surface area contributed by atoms with Gasteiger partial charge in [-0.1, -0.05) is 13.0 Å². The molecule has 0 unspecified atom stereocenters. The van der Waals surface area contributed by atoms with Crippen LogP contribution in [0.25, 0.3) is 11.0 Å². The lowest BCUT2D eigenvalue weighted by Crippen LogP contribution is -2.35. The Morgan fingerprint density at radius 1 is 1.13 bits per heavy atom. The Kier molecular flexibility index (Phi) is 6.07. The first-order chi connectivity index (χ1) is 14.7. The number of hydrogen-bond donors (Lipinski definition) is 0. The van der Waals surface area contributed by atoms with Gasteiger partial charge < -0.3 is 14.5 Å². The molecule has 0 spiro atoms. The number of methoxy groups -OCH3 is 1. The van der Waals surface area contributed by atoms with Crippen LogP contribution in [0.3, 0.4) is 0 Å². The van der Waals surface area contributed by atoms with Gasteiger partial charge in [-0.2, -0.15) is 0 Å². The number of amides is 2. The van der Waals surface area contributed by atoms with Crippen LogP contribution in [0, 0.1) is 0 Å². The van der Waals surface area contributed by atoms with Gasteiger partial charge in [-0.3, -0.25) is 0 Å². The van der Waals surface area contributed by atoms with Crippen LogP contribution >= 0.6 is 0 Å². The van der Waals surface area contributed by atoms with Gasteiger partial charge in [0.15, 0.2) is 5.65 Å². The Hall–Kier alpha value is -3.22. The molecule has 0 N–H and O–H groups in total. The zero-order valence-corrected chi connectivity index (χ0v) is 17.5. The van der Waals surface area contributed by atoms with Crippen molar-refractivity contribution in [3.8, 4) is 5.88 Å². The van der Waals surface area contributed by atoms with Crippen molar-refractivity contribution < 1.29 is 9.53 Å². The second-order valence-electron chi connectivity index (χ2n) is 7.48. The fourth-order valence-electron chi connectivity index (χ4n) is 4.03. The molecule has 2 amide bonds. The van der Waals surface area contributed by atoms with Crippen LogP contribution in [-0.4, -0.2) is 57.5 Å². The molecule has 4 rings (SSSR count). The average molecular weight is 406 g/mol. The Morgan fingerprint density at radius 2 is 2.03 bits per heavy atom. The van der Waals surface area contributed by atoms with Gasteiger partial charge >= 0.3 is 6.03 Å². The lowest BCUT2D eigenvalue weighted by Gasteiger charge is -2.27. The van der Waals surface area contributed by atoms with Crippen LogP contribution < -0.4 is 4.74 Å². The van der Waals surface area contributed by atoms with Gasteiger partial charge in [-0.25, -0.2) is 19.7 Å². The molecule has 4 heterocycles. The lowest BCUT2D eigenvalue weighted by atomic mass is 10.1. The monoisotopic (exact) mass is 405 g/mol. The molecule has 0 bridgehead atoms. The number of hydrogen-bond acceptors (Lipinski definition) is 5. The highest BCUT2D eigenvalue weighted by molar-refractivity contribution is 5.77. The summed E-state index contributed by atoms with van der Waals surface area (Å²) in [6.45, 7) is 4.33. The van der Waals surface area contributed by atoms with E-state index in [0.29, 0.717) is 5.88 Å². The normalized spacial score (nSPS) is 15.1. The zero-order chi connectivity index (χ0) is 20.9. The molecule has 1 fully saturated rings. The van der Waals surface area contributed by atoms with E-state index in [4.69, 9.17) is 4.74 Å². The fourth-order valence-corrected chi connectivity index (χ4v) is 4.03. The van der Waals surface area contributed by atoms with Gasteiger partial charge in [0, 0.05) is 49.2 Å². The maximum absolute atomic E-state index is 13.0. The first kappa shape index (κ1) is 20.1. The summed E-state index contributed by atoms with van der Waals surface area (Å²) in [5.74, 6) is 0.584. The minimum Gasteiger partial charge on any atom is -0.481 e. The standard InChI is InChI=1S/C23H27N5O2/c1-3-20(18-9-11-21(30-2)25-16-18)28-15-14-27(23(28)29)13-5-7-19-10-8-17-6-4-12-24-22(17)26-19/h4,6,8-12,16,20H,3,5,7,13-15H2,1-2H3/t20-/m0/s1. The number of rotatable bonds is 8. The molecule has 0 saturated carbocycles. The molecule has 1 atom stereocenters. The van der Waals surface area contributed by atoms with Crippen LogP contribution in [0.4, 0.5) is 4.79 Å². The number of nitrogens with zero attached hydrogens (tertiary/aromatic N) is 5. The molecular weight excluding hydrogens is 378 g/mol. The summed E-state index contributed by atoms with van der Waals surface area (Å²) < 4.78 is 5.14. The number of aryl methyl sites for hydroxylation is 1. The minimum absolute atomic E-state index is 0.0362. The molecule has 3 aromatic rings. The van der Waals surface area contributed by atoms with Crippen molar-refractivity contribution >= 4 is 17.1 Å². The number of aromatic nitrogens is 3. The zero-order valence-electron chi connectivity index (χ0n) is 17.5. The van der Waals surface area contributed by atoms with E-state index in [2.05, 4.69) is 27.9 Å². The third-order valence-corrected chi connectivity index (χ3v) is 5.63. The maximum atomic E-state index is 13.0. The molecule has 3 aromatic heterocycles. The van der Waals surface area contributed by atoms with Crippen LogP contribution in [0.5, 0.6) is 5.88 Å². The van der Waals surface area contributed by atoms with Gasteiger partial charge in [0.05, 0.1) is 13.2 Å². The van der Waals surface area contributed by atoms with Crippen LogP contribution in [0.15, 0.2) is 48.8 Å². The van der Waals surface area contributed by atoms with Gasteiger partial charge in [0.2, 0.25) is 5.88 Å². The van der Waals surface area contributed by atoms with Crippen molar-refractivity contribution in [1.82, 2.24) is 24.8 Å². The van der Waals surface area contributed by atoms with Gasteiger partial charge in [0.25, 0.3) is 0 Å². The van der Waals surface area contributed by atoms with Crippen molar-refractivity contribution in [3.05, 3.63) is 60.0 Å². The van der Waals surface area contributed by atoms with Crippen molar-refractivity contribution in [2.24, 2.45) is 0 Å². The van der Waals surface area contributed by atoms with Crippen LogP contribution in [0.2, 0.25) is 0 Å². The number of carbonyl (C=O) groups is 1. The molecule has 1 aliphatic rings. The number of urea groups is 1. The Balaban J connectivity index is 1.35. The Labute approximate surface area is 176 Å². The molecule has 1 aliphatic heterocycles. The third-order valence-electron chi connectivity index (χ3n) is 5.63. The molecule has 7 heteroatoms. The fraction of sp³-hybridized carbons (Fsp3) is 0.391. The third kappa shape index (κ3) is 4.20. The molecular formula is C23H27N5O2. The maximum Gasteiger partial charge on any atom is 0.320 e. The molecule has 7 nitrogen and oxygen atoms in total. The first-order valence-corrected chi connectivity index (χ1v) is 10.5. The van der Waals surface area contributed by atoms with E-state index >= 15 is 0 Å². The highest BCUT2D eigenvalue weighted by atomic mass is 16.5. The molecule has 0 aromatic carbocycles. The SMILES string of the molecule is CC[C@@H](c1ccc(OC)nc1)N1CCN(CCCc2ccc3cccnc3n2)C1=O. The second-order valence-corrected chi connectivity index (χ2v) is 7.48. The van der Waals surface area contributed by atoms with Crippen molar-refractivity contribution in [2.45, 2.75) is 32.2 Å². The van der Waals surface area contributed by atoms with Crippen molar-refractivity contribution in [2.75, 3.05) is 26.7 Å². The second kappa shape index (κ2) is 9.07. The van der Waals surface area contributed by atoms with E-state index in [9.17, 15) is 4.79 Å². The first-order valence-electron chi connectivity index (χ1n) is 10.5. The topological polar surface area (TPSA) is 71.5 Å². The highest BCUT2D eigenvalue weighted by Gasteiger charge is 2.33. The van der Waals surface area contributed by atoms with Crippen molar-refractivity contribution in [3.63, 3.8) is 0 Å². The van der Waals surface area contributed by atoms with E-state index < -0.39 is 0 Å². The van der Waals surface area contributed by atoms with E-state index in [-0.39, 0.29) is 12.1 Å². The number of carbonyl (C=O) groups excluding carboxylic acids is 1. The minimum atomic E-state index is 0.0362. The highest BCUT2D eigenvalue weighted by Crippen LogP contribution is 2.28. The van der Waals surface area contributed by atoms with Gasteiger partial charge in [-0.15, -0.1) is 0 Å². The van der Waals surface area contributed by atoms with E-state index in [1.165, 1.54) is 0 Å². The van der Waals surface area contributed by atoms with E-state index in [1.54, 1.807) is 13.3 Å². The molecule has 30 heavy (non-hydrogen) atoms. The predicted molar refractivity (Wildman–Crippen MR) is 115 cm³/mol. The summed E-state index contributed by atoms with van der Waals surface area (Å²) in [6, 6.07) is 12.0. The average Bonchev–Trinajstić information content (AvgIpc) is 3.15. The molecule has 0 aliphatic carbocycles. The molecule has 0 radical (unpaired) electrons. The largest absolute Gasteiger partial charge is 0.481 e. The number of fused-ring (bicyclic) bond motifs is 1. The lowest BCUT2D eigenvalue weighted by molar-refractivity contribution is 0.175. The molecule has 1 saturated heterocycles. The summed E-state index contributed by atoms with van der Waals surface area (Å²) in [7, 11) is 1.60. The summed E-state index contributed by atoms with van der Waals surface area (Å²) >= 11 is 0. The smallest absolute Gasteiger partial charge is 0.320 e.